The zero-order chi connectivity index (χ0) is 11.0. The summed E-state index contributed by atoms with van der Waals surface area (Å²) in [5.41, 5.74) is 7.72. The first kappa shape index (κ1) is 10.3. The van der Waals surface area contributed by atoms with E-state index in [-0.39, 0.29) is 0 Å². The Morgan fingerprint density at radius 2 is 2.20 bits per heavy atom. The summed E-state index contributed by atoms with van der Waals surface area (Å²) in [5.74, 6) is 1.86. The highest BCUT2D eigenvalue weighted by Gasteiger charge is 2.26. The molecule has 2 rings (SSSR count). The molecule has 1 saturated carbocycles. The van der Waals surface area contributed by atoms with Crippen LogP contribution in [0.15, 0.2) is 0 Å². The third-order valence-corrected chi connectivity index (χ3v) is 3.19. The van der Waals surface area contributed by atoms with E-state index in [1.165, 1.54) is 12.8 Å². The van der Waals surface area contributed by atoms with Gasteiger partial charge in [0.05, 0.1) is 11.4 Å². The third kappa shape index (κ3) is 1.80. The van der Waals surface area contributed by atoms with Gasteiger partial charge in [0.25, 0.3) is 0 Å². The monoisotopic (exact) mass is 208 g/mol. The number of anilines is 2. The van der Waals surface area contributed by atoms with Crippen LogP contribution in [0.1, 0.15) is 32.4 Å². The lowest BCUT2D eigenvalue weighted by molar-refractivity contribution is 0.307. The molecule has 0 aliphatic heterocycles. The van der Waals surface area contributed by atoms with Gasteiger partial charge in [-0.2, -0.15) is 5.10 Å². The lowest BCUT2D eigenvalue weighted by Gasteiger charge is -2.34. The summed E-state index contributed by atoms with van der Waals surface area (Å²) in [5, 5.41) is 7.88. The maximum atomic E-state index is 5.99. The number of nitrogen functional groups attached to an aromatic ring is 1. The Morgan fingerprint density at radius 3 is 2.73 bits per heavy atom. The van der Waals surface area contributed by atoms with E-state index in [2.05, 4.69) is 24.3 Å². The molecular formula is C11H20N4. The van der Waals surface area contributed by atoms with E-state index in [1.807, 2.05) is 11.6 Å². The molecular weight excluding hydrogens is 188 g/mol. The standard InChI is InChI=1S/C11H20N4/c1-4-15-11(10(12)8(3)14-15)13-9-5-7(2)6-9/h7,9,13H,4-6,12H2,1-3H3. The van der Waals surface area contributed by atoms with Crippen LogP contribution in [0, 0.1) is 12.8 Å². The number of aromatic nitrogens is 2. The van der Waals surface area contributed by atoms with Crippen LogP contribution in [0.5, 0.6) is 0 Å². The van der Waals surface area contributed by atoms with Crippen molar-refractivity contribution in [3.63, 3.8) is 0 Å². The van der Waals surface area contributed by atoms with Gasteiger partial charge in [-0.3, -0.25) is 0 Å². The summed E-state index contributed by atoms with van der Waals surface area (Å²) in [6.45, 7) is 7.18. The quantitative estimate of drug-likeness (QED) is 0.799. The Kier molecular flexibility index (Phi) is 2.59. The second kappa shape index (κ2) is 3.76. The first-order valence-electron chi connectivity index (χ1n) is 5.71. The maximum absolute atomic E-state index is 5.99. The predicted octanol–water partition coefficient (Wildman–Crippen LogP) is 2.00. The van der Waals surface area contributed by atoms with Crippen molar-refractivity contribution in [2.45, 2.75) is 46.2 Å². The van der Waals surface area contributed by atoms with Crippen LogP contribution in [-0.2, 0) is 6.54 Å². The highest BCUT2D eigenvalue weighted by atomic mass is 15.3. The first-order valence-corrected chi connectivity index (χ1v) is 5.71. The molecule has 1 heterocycles. The first-order chi connectivity index (χ1) is 7.11. The molecule has 0 amide bonds. The number of rotatable bonds is 3. The van der Waals surface area contributed by atoms with Crippen molar-refractivity contribution < 1.29 is 0 Å². The molecule has 0 spiro atoms. The fourth-order valence-corrected chi connectivity index (χ4v) is 2.19. The van der Waals surface area contributed by atoms with Gasteiger partial charge in [0, 0.05) is 12.6 Å². The van der Waals surface area contributed by atoms with Crippen LogP contribution < -0.4 is 11.1 Å². The van der Waals surface area contributed by atoms with Crippen molar-refractivity contribution in [3.05, 3.63) is 5.69 Å². The van der Waals surface area contributed by atoms with Gasteiger partial charge in [-0.25, -0.2) is 4.68 Å². The van der Waals surface area contributed by atoms with Gasteiger partial charge in [-0.15, -0.1) is 0 Å². The van der Waals surface area contributed by atoms with Gasteiger partial charge in [0.2, 0.25) is 0 Å². The molecule has 1 aliphatic rings. The van der Waals surface area contributed by atoms with Gasteiger partial charge in [-0.05, 0) is 32.6 Å². The SMILES string of the molecule is CCn1nc(C)c(N)c1NC1CC(C)C1. The Hall–Kier alpha value is -1.19. The van der Waals surface area contributed by atoms with Crippen LogP contribution in [0.2, 0.25) is 0 Å². The molecule has 0 unspecified atom stereocenters. The highest BCUT2D eigenvalue weighted by Crippen LogP contribution is 2.32. The van der Waals surface area contributed by atoms with Gasteiger partial charge in [-0.1, -0.05) is 6.92 Å². The molecule has 84 valence electrons. The number of hydrogen-bond acceptors (Lipinski definition) is 3. The van der Waals surface area contributed by atoms with E-state index in [4.69, 9.17) is 5.73 Å². The maximum Gasteiger partial charge on any atom is 0.148 e. The summed E-state index contributed by atoms with van der Waals surface area (Å²) in [7, 11) is 0. The summed E-state index contributed by atoms with van der Waals surface area (Å²) >= 11 is 0. The predicted molar refractivity (Wildman–Crippen MR) is 62.9 cm³/mol. The fourth-order valence-electron chi connectivity index (χ4n) is 2.19. The molecule has 1 aromatic rings. The van der Waals surface area contributed by atoms with E-state index in [0.29, 0.717) is 6.04 Å². The number of nitrogens with zero attached hydrogens (tertiary/aromatic N) is 2. The van der Waals surface area contributed by atoms with Crippen molar-refractivity contribution in [1.29, 1.82) is 0 Å². The van der Waals surface area contributed by atoms with Crippen molar-refractivity contribution in [2.75, 3.05) is 11.1 Å². The van der Waals surface area contributed by atoms with Crippen molar-refractivity contribution >= 4 is 11.5 Å². The summed E-state index contributed by atoms with van der Waals surface area (Å²) in [4.78, 5) is 0. The lowest BCUT2D eigenvalue weighted by Crippen LogP contribution is -2.34. The van der Waals surface area contributed by atoms with Gasteiger partial charge in [0.15, 0.2) is 0 Å². The zero-order valence-electron chi connectivity index (χ0n) is 9.75. The largest absolute Gasteiger partial charge is 0.394 e. The van der Waals surface area contributed by atoms with Crippen LogP contribution in [0.4, 0.5) is 11.5 Å². The molecule has 1 aromatic heterocycles. The molecule has 0 radical (unpaired) electrons. The molecule has 15 heavy (non-hydrogen) atoms. The van der Waals surface area contributed by atoms with E-state index in [0.717, 1.165) is 29.7 Å². The van der Waals surface area contributed by atoms with Gasteiger partial charge < -0.3 is 11.1 Å². The average Bonchev–Trinajstić information content (AvgIpc) is 2.43. The van der Waals surface area contributed by atoms with Crippen molar-refractivity contribution in [1.82, 2.24) is 9.78 Å². The number of hydrogen-bond donors (Lipinski definition) is 2. The van der Waals surface area contributed by atoms with E-state index < -0.39 is 0 Å². The molecule has 0 bridgehead atoms. The molecule has 0 atom stereocenters. The highest BCUT2D eigenvalue weighted by molar-refractivity contribution is 5.65. The van der Waals surface area contributed by atoms with E-state index >= 15 is 0 Å². The normalized spacial score (nSPS) is 25.0. The molecule has 1 fully saturated rings. The Balaban J connectivity index is 2.12. The molecule has 4 heteroatoms. The minimum Gasteiger partial charge on any atom is -0.394 e. The second-order valence-corrected chi connectivity index (χ2v) is 4.58. The summed E-state index contributed by atoms with van der Waals surface area (Å²) in [6.07, 6.45) is 2.49. The zero-order valence-corrected chi connectivity index (χ0v) is 9.75. The Morgan fingerprint density at radius 1 is 1.53 bits per heavy atom. The molecule has 3 N–H and O–H groups in total. The minimum atomic E-state index is 0.587. The fraction of sp³-hybridized carbons (Fsp3) is 0.727. The average molecular weight is 208 g/mol. The van der Waals surface area contributed by atoms with Gasteiger partial charge >= 0.3 is 0 Å². The second-order valence-electron chi connectivity index (χ2n) is 4.58. The van der Waals surface area contributed by atoms with Gasteiger partial charge in [0.1, 0.15) is 5.82 Å². The van der Waals surface area contributed by atoms with Crippen LogP contribution >= 0.6 is 0 Å². The topological polar surface area (TPSA) is 55.9 Å². The molecule has 0 saturated heterocycles. The van der Waals surface area contributed by atoms with Crippen LogP contribution in [-0.4, -0.2) is 15.8 Å². The van der Waals surface area contributed by atoms with E-state index in [9.17, 15) is 0 Å². The van der Waals surface area contributed by atoms with Crippen LogP contribution in [0.25, 0.3) is 0 Å². The number of nitrogens with two attached hydrogens (primary N) is 1. The van der Waals surface area contributed by atoms with E-state index in [1.54, 1.807) is 0 Å². The van der Waals surface area contributed by atoms with Crippen LogP contribution in [0.3, 0.4) is 0 Å². The van der Waals surface area contributed by atoms with Crippen molar-refractivity contribution in [2.24, 2.45) is 5.92 Å². The number of aryl methyl sites for hydroxylation is 2. The lowest BCUT2D eigenvalue weighted by atomic mass is 9.82. The Bertz CT molecular complexity index is 350. The number of nitrogens with one attached hydrogen (secondary N) is 1. The van der Waals surface area contributed by atoms with Crippen molar-refractivity contribution in [3.8, 4) is 0 Å². The summed E-state index contributed by atoms with van der Waals surface area (Å²) in [6, 6.07) is 0.587. The molecule has 1 aliphatic carbocycles. The smallest absolute Gasteiger partial charge is 0.148 e. The minimum absolute atomic E-state index is 0.587. The molecule has 0 aromatic carbocycles. The molecule has 4 nitrogen and oxygen atoms in total. The Labute approximate surface area is 90.8 Å². The summed E-state index contributed by atoms with van der Waals surface area (Å²) < 4.78 is 1.95. The third-order valence-electron chi connectivity index (χ3n) is 3.19.